The zero-order chi connectivity index (χ0) is 14.4. The predicted octanol–water partition coefficient (Wildman–Crippen LogP) is 1.87. The van der Waals surface area contributed by atoms with Gasteiger partial charge in [0, 0.05) is 24.3 Å². The molecule has 20 heavy (non-hydrogen) atoms. The van der Waals surface area contributed by atoms with Gasteiger partial charge in [0.25, 0.3) is 5.91 Å². The average Bonchev–Trinajstić information content (AvgIpc) is 2.88. The minimum atomic E-state index is -0.187. The van der Waals surface area contributed by atoms with Crippen LogP contribution in [0.4, 0.5) is 5.69 Å². The highest BCUT2D eigenvalue weighted by Crippen LogP contribution is 2.07. The molecule has 0 atom stereocenters. The molecular weight excluding hydrogens is 254 g/mol. The standard InChI is InChI=1S/C14H19N5O/c1-3-6-15-12-4-5-13(16-9-12)14(20)17-7-11-8-18-19-10(11)2/h4-5,8-9,15H,3,6-7H2,1-2H3,(H,17,20)(H,18,19). The third-order valence-corrected chi connectivity index (χ3v) is 2.95. The lowest BCUT2D eigenvalue weighted by Gasteiger charge is -2.06. The fourth-order valence-corrected chi connectivity index (χ4v) is 1.72. The third-order valence-electron chi connectivity index (χ3n) is 2.95. The van der Waals surface area contributed by atoms with Crippen LogP contribution in [0.3, 0.4) is 0 Å². The van der Waals surface area contributed by atoms with E-state index in [-0.39, 0.29) is 5.91 Å². The SMILES string of the molecule is CCCNc1ccc(C(=O)NCc2cn[nH]c2C)nc1. The number of anilines is 1. The monoisotopic (exact) mass is 273 g/mol. The Bertz CT molecular complexity index is 561. The fourth-order valence-electron chi connectivity index (χ4n) is 1.72. The molecule has 0 fully saturated rings. The summed E-state index contributed by atoms with van der Waals surface area (Å²) >= 11 is 0. The molecule has 0 aliphatic heterocycles. The van der Waals surface area contributed by atoms with Gasteiger partial charge in [0.15, 0.2) is 0 Å². The van der Waals surface area contributed by atoms with E-state index in [9.17, 15) is 4.79 Å². The van der Waals surface area contributed by atoms with Gasteiger partial charge in [-0.25, -0.2) is 4.98 Å². The minimum Gasteiger partial charge on any atom is -0.384 e. The van der Waals surface area contributed by atoms with Gasteiger partial charge >= 0.3 is 0 Å². The van der Waals surface area contributed by atoms with Crippen LogP contribution in [0.2, 0.25) is 0 Å². The van der Waals surface area contributed by atoms with Gasteiger partial charge in [0.1, 0.15) is 5.69 Å². The molecule has 0 bridgehead atoms. The van der Waals surface area contributed by atoms with Gasteiger partial charge in [-0.1, -0.05) is 6.92 Å². The number of aromatic amines is 1. The normalized spacial score (nSPS) is 10.3. The quantitative estimate of drug-likeness (QED) is 0.750. The van der Waals surface area contributed by atoms with Crippen molar-refractivity contribution in [1.82, 2.24) is 20.5 Å². The molecule has 0 saturated carbocycles. The van der Waals surface area contributed by atoms with E-state index in [1.807, 2.05) is 13.0 Å². The molecule has 2 rings (SSSR count). The molecule has 2 aromatic rings. The molecule has 6 heteroatoms. The number of rotatable bonds is 6. The molecule has 6 nitrogen and oxygen atoms in total. The summed E-state index contributed by atoms with van der Waals surface area (Å²) in [6.45, 7) is 5.35. The second-order valence-electron chi connectivity index (χ2n) is 4.56. The zero-order valence-electron chi connectivity index (χ0n) is 11.7. The van der Waals surface area contributed by atoms with Gasteiger partial charge in [-0.15, -0.1) is 0 Å². The summed E-state index contributed by atoms with van der Waals surface area (Å²) < 4.78 is 0. The Morgan fingerprint density at radius 3 is 2.80 bits per heavy atom. The van der Waals surface area contributed by atoms with Crippen LogP contribution in [0.1, 0.15) is 35.1 Å². The highest BCUT2D eigenvalue weighted by Gasteiger charge is 2.08. The molecule has 0 aliphatic rings. The summed E-state index contributed by atoms with van der Waals surface area (Å²) in [7, 11) is 0. The first-order valence-electron chi connectivity index (χ1n) is 6.67. The molecule has 0 unspecified atom stereocenters. The van der Waals surface area contributed by atoms with E-state index in [4.69, 9.17) is 0 Å². The van der Waals surface area contributed by atoms with Crippen LogP contribution in [0.25, 0.3) is 0 Å². The molecule has 0 radical (unpaired) electrons. The maximum atomic E-state index is 12.0. The van der Waals surface area contributed by atoms with Crippen molar-refractivity contribution < 1.29 is 4.79 Å². The van der Waals surface area contributed by atoms with Crippen LogP contribution in [-0.4, -0.2) is 27.6 Å². The molecule has 0 saturated heterocycles. The minimum absolute atomic E-state index is 0.187. The largest absolute Gasteiger partial charge is 0.384 e. The van der Waals surface area contributed by atoms with E-state index in [1.54, 1.807) is 18.5 Å². The topological polar surface area (TPSA) is 82.7 Å². The number of nitrogens with zero attached hydrogens (tertiary/aromatic N) is 2. The fraction of sp³-hybridized carbons (Fsp3) is 0.357. The number of nitrogens with one attached hydrogen (secondary N) is 3. The average molecular weight is 273 g/mol. The Balaban J connectivity index is 1.90. The Kier molecular flexibility index (Phi) is 4.70. The Labute approximate surface area is 118 Å². The van der Waals surface area contributed by atoms with Crippen molar-refractivity contribution in [2.75, 3.05) is 11.9 Å². The zero-order valence-corrected chi connectivity index (χ0v) is 11.7. The summed E-state index contributed by atoms with van der Waals surface area (Å²) in [5.41, 5.74) is 3.26. The van der Waals surface area contributed by atoms with Gasteiger partial charge in [0.2, 0.25) is 0 Å². The van der Waals surface area contributed by atoms with Crippen molar-refractivity contribution in [1.29, 1.82) is 0 Å². The number of hydrogen-bond donors (Lipinski definition) is 3. The van der Waals surface area contributed by atoms with Crippen LogP contribution in [0.5, 0.6) is 0 Å². The van der Waals surface area contributed by atoms with Crippen molar-refractivity contribution in [3.05, 3.63) is 41.5 Å². The highest BCUT2D eigenvalue weighted by atomic mass is 16.1. The van der Waals surface area contributed by atoms with E-state index in [1.165, 1.54) is 0 Å². The number of pyridine rings is 1. The predicted molar refractivity (Wildman–Crippen MR) is 77.5 cm³/mol. The maximum Gasteiger partial charge on any atom is 0.270 e. The van der Waals surface area contributed by atoms with E-state index in [2.05, 4.69) is 32.7 Å². The number of aryl methyl sites for hydroxylation is 1. The summed E-state index contributed by atoms with van der Waals surface area (Å²) in [4.78, 5) is 16.1. The van der Waals surface area contributed by atoms with Crippen LogP contribution in [0, 0.1) is 6.92 Å². The lowest BCUT2D eigenvalue weighted by molar-refractivity contribution is 0.0946. The van der Waals surface area contributed by atoms with Crippen molar-refractivity contribution in [3.63, 3.8) is 0 Å². The first-order chi connectivity index (χ1) is 9.70. The number of carbonyl (C=O) groups excluding carboxylic acids is 1. The second kappa shape index (κ2) is 6.70. The van der Waals surface area contributed by atoms with Gasteiger partial charge in [0.05, 0.1) is 18.1 Å². The van der Waals surface area contributed by atoms with Crippen LogP contribution < -0.4 is 10.6 Å². The van der Waals surface area contributed by atoms with Crippen LogP contribution >= 0.6 is 0 Å². The number of hydrogen-bond acceptors (Lipinski definition) is 4. The molecule has 0 spiro atoms. The summed E-state index contributed by atoms with van der Waals surface area (Å²) in [6.07, 6.45) is 4.43. The molecule has 0 aliphatic carbocycles. The van der Waals surface area contributed by atoms with Gasteiger partial charge in [-0.05, 0) is 25.5 Å². The number of aromatic nitrogens is 3. The number of H-pyrrole nitrogens is 1. The molecule has 1 amide bonds. The molecule has 2 aromatic heterocycles. The lowest BCUT2D eigenvalue weighted by atomic mass is 10.2. The lowest BCUT2D eigenvalue weighted by Crippen LogP contribution is -2.23. The number of carbonyl (C=O) groups is 1. The highest BCUT2D eigenvalue weighted by molar-refractivity contribution is 5.92. The Hall–Kier alpha value is -2.37. The van der Waals surface area contributed by atoms with Gasteiger partial charge in [-0.2, -0.15) is 5.10 Å². The third kappa shape index (κ3) is 3.57. The van der Waals surface area contributed by atoms with Gasteiger partial charge < -0.3 is 10.6 Å². The van der Waals surface area contributed by atoms with Crippen molar-refractivity contribution >= 4 is 11.6 Å². The molecule has 0 aromatic carbocycles. The van der Waals surface area contributed by atoms with Crippen molar-refractivity contribution in [2.45, 2.75) is 26.8 Å². The van der Waals surface area contributed by atoms with Crippen LogP contribution in [-0.2, 0) is 6.54 Å². The first-order valence-corrected chi connectivity index (χ1v) is 6.67. The summed E-state index contributed by atoms with van der Waals surface area (Å²) in [6, 6.07) is 3.58. The second-order valence-corrected chi connectivity index (χ2v) is 4.56. The van der Waals surface area contributed by atoms with E-state index in [0.29, 0.717) is 12.2 Å². The molecule has 2 heterocycles. The number of amides is 1. The Morgan fingerprint density at radius 2 is 2.20 bits per heavy atom. The molecule has 3 N–H and O–H groups in total. The van der Waals surface area contributed by atoms with Crippen LogP contribution in [0.15, 0.2) is 24.5 Å². The Morgan fingerprint density at radius 1 is 1.35 bits per heavy atom. The summed E-state index contributed by atoms with van der Waals surface area (Å²) in [5.74, 6) is -0.187. The van der Waals surface area contributed by atoms with Crippen molar-refractivity contribution in [2.24, 2.45) is 0 Å². The molecular formula is C14H19N5O. The van der Waals surface area contributed by atoms with E-state index in [0.717, 1.165) is 29.9 Å². The summed E-state index contributed by atoms with van der Waals surface area (Å²) in [5, 5.41) is 12.8. The van der Waals surface area contributed by atoms with Crippen molar-refractivity contribution in [3.8, 4) is 0 Å². The molecule has 106 valence electrons. The first kappa shape index (κ1) is 14.0. The van der Waals surface area contributed by atoms with E-state index < -0.39 is 0 Å². The smallest absolute Gasteiger partial charge is 0.270 e. The van der Waals surface area contributed by atoms with E-state index >= 15 is 0 Å². The van der Waals surface area contributed by atoms with Gasteiger partial charge in [-0.3, -0.25) is 9.89 Å². The maximum absolute atomic E-state index is 12.0.